The van der Waals surface area contributed by atoms with Gasteiger partial charge in [-0.3, -0.25) is 4.79 Å². The van der Waals surface area contributed by atoms with E-state index in [1.165, 1.54) is 28.7 Å². The van der Waals surface area contributed by atoms with Crippen molar-refractivity contribution in [1.29, 1.82) is 0 Å². The van der Waals surface area contributed by atoms with Crippen LogP contribution in [0.2, 0.25) is 0 Å². The predicted molar refractivity (Wildman–Crippen MR) is 75.6 cm³/mol. The quantitative estimate of drug-likeness (QED) is 0.634. The lowest BCUT2D eigenvalue weighted by molar-refractivity contribution is 0.102. The number of aromatic nitrogens is 2. The highest BCUT2D eigenvalue weighted by atomic mass is 32.2. The lowest BCUT2D eigenvalue weighted by Crippen LogP contribution is -2.07. The number of hydrogen-bond acceptors (Lipinski definition) is 5. The Morgan fingerprint density at radius 1 is 1.28 bits per heavy atom. The molecule has 18 heavy (non-hydrogen) atoms. The van der Waals surface area contributed by atoms with Gasteiger partial charge in [-0.15, -0.1) is 10.2 Å². The van der Waals surface area contributed by atoms with Crippen LogP contribution in [0.1, 0.15) is 27.0 Å². The number of thioether (sulfide) groups is 1. The normalized spacial score (nSPS) is 10.6. The smallest absolute Gasteiger partial charge is 0.174 e. The number of aryl methyl sites for hydroxylation is 3. The highest BCUT2D eigenvalue weighted by Gasteiger charge is 2.13. The Labute approximate surface area is 115 Å². The van der Waals surface area contributed by atoms with Crippen molar-refractivity contribution in [2.75, 3.05) is 5.75 Å². The van der Waals surface area contributed by atoms with Crippen molar-refractivity contribution in [3.63, 3.8) is 0 Å². The number of carbonyl (C=O) groups excluding carboxylic acids is 1. The van der Waals surface area contributed by atoms with Gasteiger partial charge < -0.3 is 0 Å². The van der Waals surface area contributed by atoms with Crippen molar-refractivity contribution in [2.24, 2.45) is 0 Å². The van der Waals surface area contributed by atoms with Crippen molar-refractivity contribution in [2.45, 2.75) is 25.1 Å². The first-order chi connectivity index (χ1) is 8.58. The molecule has 1 aromatic carbocycles. The number of ketones is 1. The van der Waals surface area contributed by atoms with Gasteiger partial charge in [-0.1, -0.05) is 40.8 Å². The Morgan fingerprint density at radius 3 is 2.50 bits per heavy atom. The Morgan fingerprint density at radius 2 is 1.94 bits per heavy atom. The molecule has 0 fully saturated rings. The lowest BCUT2D eigenvalue weighted by Gasteiger charge is -2.09. The maximum atomic E-state index is 12.2. The van der Waals surface area contributed by atoms with Gasteiger partial charge in [0, 0.05) is 5.56 Å². The van der Waals surface area contributed by atoms with Gasteiger partial charge in [0.1, 0.15) is 5.51 Å². The van der Waals surface area contributed by atoms with E-state index in [9.17, 15) is 4.79 Å². The zero-order valence-corrected chi connectivity index (χ0v) is 12.2. The molecule has 0 amide bonds. The highest BCUT2D eigenvalue weighted by molar-refractivity contribution is 8.01. The van der Waals surface area contributed by atoms with E-state index in [1.807, 2.05) is 20.8 Å². The molecule has 2 rings (SSSR count). The third kappa shape index (κ3) is 2.97. The van der Waals surface area contributed by atoms with Crippen molar-refractivity contribution in [3.05, 3.63) is 39.9 Å². The topological polar surface area (TPSA) is 42.9 Å². The summed E-state index contributed by atoms with van der Waals surface area (Å²) in [5.41, 5.74) is 5.82. The molecule has 1 heterocycles. The summed E-state index contributed by atoms with van der Waals surface area (Å²) in [6.45, 7) is 6.02. The minimum absolute atomic E-state index is 0.158. The molecule has 1 aromatic heterocycles. The van der Waals surface area contributed by atoms with Crippen LogP contribution in [-0.4, -0.2) is 21.7 Å². The van der Waals surface area contributed by atoms with Crippen LogP contribution in [0.3, 0.4) is 0 Å². The summed E-state index contributed by atoms with van der Waals surface area (Å²) in [4.78, 5) is 12.2. The number of carbonyl (C=O) groups is 1. The number of Topliss-reactive ketones (excluding diaryl/α,β-unsaturated/α-hetero) is 1. The van der Waals surface area contributed by atoms with Gasteiger partial charge in [0.15, 0.2) is 10.1 Å². The number of benzene rings is 1. The molecule has 0 unspecified atom stereocenters. The second kappa shape index (κ2) is 5.63. The molecule has 94 valence electrons. The van der Waals surface area contributed by atoms with Crippen molar-refractivity contribution < 1.29 is 4.79 Å². The van der Waals surface area contributed by atoms with E-state index in [2.05, 4.69) is 22.3 Å². The fourth-order valence-electron chi connectivity index (χ4n) is 2.05. The number of nitrogens with zero attached hydrogens (tertiary/aromatic N) is 2. The molecule has 0 aliphatic heterocycles. The van der Waals surface area contributed by atoms with Gasteiger partial charge >= 0.3 is 0 Å². The van der Waals surface area contributed by atoms with E-state index in [-0.39, 0.29) is 5.78 Å². The summed E-state index contributed by atoms with van der Waals surface area (Å²) in [6.07, 6.45) is 0. The van der Waals surface area contributed by atoms with Gasteiger partial charge in [-0.05, 0) is 31.9 Å². The zero-order valence-electron chi connectivity index (χ0n) is 10.6. The van der Waals surface area contributed by atoms with Crippen LogP contribution in [0.25, 0.3) is 0 Å². The molecular weight excluding hydrogens is 264 g/mol. The van der Waals surface area contributed by atoms with Crippen LogP contribution in [0.5, 0.6) is 0 Å². The molecular formula is C13H14N2OS2. The summed E-state index contributed by atoms with van der Waals surface area (Å²) in [5.74, 6) is 0.574. The van der Waals surface area contributed by atoms with Crippen LogP contribution < -0.4 is 0 Å². The third-order valence-corrected chi connectivity index (χ3v) is 4.48. The average molecular weight is 278 g/mol. The highest BCUT2D eigenvalue weighted by Crippen LogP contribution is 2.23. The van der Waals surface area contributed by atoms with Crippen molar-refractivity contribution in [3.8, 4) is 0 Å². The number of rotatable bonds is 4. The van der Waals surface area contributed by atoms with Gasteiger partial charge in [0.05, 0.1) is 5.75 Å². The maximum Gasteiger partial charge on any atom is 0.174 e. The van der Waals surface area contributed by atoms with E-state index >= 15 is 0 Å². The molecule has 0 N–H and O–H groups in total. The van der Waals surface area contributed by atoms with Crippen LogP contribution in [0.15, 0.2) is 22.0 Å². The summed E-state index contributed by atoms with van der Waals surface area (Å²) < 4.78 is 0.839. The third-order valence-electron chi connectivity index (χ3n) is 2.62. The second-order valence-electron chi connectivity index (χ2n) is 4.19. The molecule has 0 spiro atoms. The molecule has 0 aliphatic rings. The van der Waals surface area contributed by atoms with Crippen LogP contribution >= 0.6 is 23.1 Å². The molecule has 0 saturated heterocycles. The Balaban J connectivity index is 2.14. The molecule has 0 radical (unpaired) electrons. The van der Waals surface area contributed by atoms with E-state index in [0.717, 1.165) is 21.0 Å². The fourth-order valence-corrected chi connectivity index (χ4v) is 3.41. The standard InChI is InChI=1S/C13H14N2OS2/c1-8-4-9(2)12(10(3)5-8)11(16)6-17-13-15-14-7-18-13/h4-5,7H,6H2,1-3H3. The predicted octanol–water partition coefficient (Wildman–Crippen LogP) is 3.44. The molecule has 0 aliphatic carbocycles. The van der Waals surface area contributed by atoms with Gasteiger partial charge in [-0.2, -0.15) is 0 Å². The minimum Gasteiger partial charge on any atom is -0.293 e. The second-order valence-corrected chi connectivity index (χ2v) is 6.25. The van der Waals surface area contributed by atoms with Gasteiger partial charge in [-0.25, -0.2) is 0 Å². The van der Waals surface area contributed by atoms with Crippen molar-refractivity contribution >= 4 is 28.9 Å². The van der Waals surface area contributed by atoms with E-state index < -0.39 is 0 Å². The molecule has 0 atom stereocenters. The molecule has 5 heteroatoms. The first-order valence-corrected chi connectivity index (χ1v) is 7.44. The fraction of sp³-hybridized carbons (Fsp3) is 0.308. The van der Waals surface area contributed by atoms with Gasteiger partial charge in [0.2, 0.25) is 0 Å². The minimum atomic E-state index is 0.158. The summed E-state index contributed by atoms with van der Waals surface area (Å²) in [7, 11) is 0. The summed E-state index contributed by atoms with van der Waals surface area (Å²) in [6, 6.07) is 4.10. The van der Waals surface area contributed by atoms with Gasteiger partial charge in [0.25, 0.3) is 0 Å². The largest absolute Gasteiger partial charge is 0.293 e. The molecule has 0 bridgehead atoms. The van der Waals surface area contributed by atoms with E-state index in [0.29, 0.717) is 5.75 Å². The average Bonchev–Trinajstić information content (AvgIpc) is 2.77. The molecule has 0 saturated carbocycles. The maximum absolute atomic E-state index is 12.2. The monoisotopic (exact) mass is 278 g/mol. The Hall–Kier alpha value is -1.20. The van der Waals surface area contributed by atoms with Crippen LogP contribution in [0.4, 0.5) is 0 Å². The molecule has 3 nitrogen and oxygen atoms in total. The first-order valence-electron chi connectivity index (χ1n) is 5.58. The summed E-state index contributed by atoms with van der Waals surface area (Å²) >= 11 is 2.91. The first kappa shape index (κ1) is 13.2. The van der Waals surface area contributed by atoms with E-state index in [4.69, 9.17) is 0 Å². The van der Waals surface area contributed by atoms with Crippen LogP contribution in [0, 0.1) is 20.8 Å². The molecule has 2 aromatic rings. The SMILES string of the molecule is Cc1cc(C)c(C(=O)CSc2nncs2)c(C)c1. The van der Waals surface area contributed by atoms with Crippen LogP contribution in [-0.2, 0) is 0 Å². The summed E-state index contributed by atoms with van der Waals surface area (Å²) in [5, 5.41) is 7.68. The van der Waals surface area contributed by atoms with Crippen molar-refractivity contribution in [1.82, 2.24) is 10.2 Å². The zero-order chi connectivity index (χ0) is 13.1. The lowest BCUT2D eigenvalue weighted by atomic mass is 9.97. The number of hydrogen-bond donors (Lipinski definition) is 0. The van der Waals surface area contributed by atoms with E-state index in [1.54, 1.807) is 5.51 Å². The Bertz CT molecular complexity index is 541. The Kier molecular flexibility index (Phi) is 4.14.